The van der Waals surface area contributed by atoms with E-state index in [0.29, 0.717) is 22.7 Å². The van der Waals surface area contributed by atoms with Gasteiger partial charge in [-0.1, -0.05) is 13.8 Å². The van der Waals surface area contributed by atoms with Gasteiger partial charge in [0.1, 0.15) is 5.56 Å². The van der Waals surface area contributed by atoms with Gasteiger partial charge in [0, 0.05) is 6.54 Å². The number of fused-ring (bicyclic) bond motifs is 1. The number of hydrogen-bond acceptors (Lipinski definition) is 4. The van der Waals surface area contributed by atoms with Crippen molar-refractivity contribution in [3.8, 4) is 5.75 Å². The molecule has 19 heavy (non-hydrogen) atoms. The minimum atomic E-state index is -0.564. The van der Waals surface area contributed by atoms with Crippen LogP contribution in [0.15, 0.2) is 16.2 Å². The molecule has 0 aliphatic heterocycles. The van der Waals surface area contributed by atoms with E-state index in [0.717, 1.165) is 6.42 Å². The van der Waals surface area contributed by atoms with Crippen molar-refractivity contribution in [2.45, 2.75) is 20.3 Å². The van der Waals surface area contributed by atoms with Gasteiger partial charge in [-0.3, -0.25) is 9.59 Å². The highest BCUT2D eigenvalue weighted by atomic mass is 32.1. The summed E-state index contributed by atoms with van der Waals surface area (Å²) in [4.78, 5) is 26.4. The van der Waals surface area contributed by atoms with Gasteiger partial charge in [-0.15, -0.1) is 11.3 Å². The largest absolute Gasteiger partial charge is 0.505 e. The Balaban J connectivity index is 2.28. The molecule has 0 spiro atoms. The van der Waals surface area contributed by atoms with Crippen LogP contribution in [0.25, 0.3) is 10.2 Å². The molecule has 0 saturated carbocycles. The minimum Gasteiger partial charge on any atom is -0.505 e. The minimum absolute atomic E-state index is 0.210. The van der Waals surface area contributed by atoms with Crippen molar-refractivity contribution in [1.82, 2.24) is 10.3 Å². The number of carbonyl (C=O) groups excluding carboxylic acids is 1. The Labute approximate surface area is 114 Å². The van der Waals surface area contributed by atoms with E-state index < -0.39 is 11.5 Å². The van der Waals surface area contributed by atoms with Gasteiger partial charge in [0.2, 0.25) is 0 Å². The van der Waals surface area contributed by atoms with Crippen molar-refractivity contribution in [2.24, 2.45) is 5.92 Å². The maximum atomic E-state index is 11.9. The second kappa shape index (κ2) is 5.44. The van der Waals surface area contributed by atoms with E-state index >= 15 is 0 Å². The number of rotatable bonds is 4. The molecule has 0 aromatic carbocycles. The van der Waals surface area contributed by atoms with Gasteiger partial charge in [0.25, 0.3) is 11.5 Å². The van der Waals surface area contributed by atoms with Crippen molar-refractivity contribution in [1.29, 1.82) is 0 Å². The van der Waals surface area contributed by atoms with Gasteiger partial charge in [0.05, 0.1) is 10.2 Å². The van der Waals surface area contributed by atoms with Crippen molar-refractivity contribution < 1.29 is 9.90 Å². The van der Waals surface area contributed by atoms with Crippen LogP contribution >= 0.6 is 11.3 Å². The van der Waals surface area contributed by atoms with Crippen LogP contribution in [0.3, 0.4) is 0 Å². The molecule has 0 saturated heterocycles. The summed E-state index contributed by atoms with van der Waals surface area (Å²) in [7, 11) is 0. The molecule has 5 nitrogen and oxygen atoms in total. The average molecular weight is 280 g/mol. The van der Waals surface area contributed by atoms with Crippen LogP contribution < -0.4 is 10.9 Å². The third kappa shape index (κ3) is 2.78. The topological polar surface area (TPSA) is 82.2 Å². The molecule has 0 unspecified atom stereocenters. The SMILES string of the molecule is CC(C)CCNC(=O)c1c(O)c2sccc2[nH]c1=O. The number of aromatic amines is 1. The number of carbonyl (C=O) groups is 1. The Hall–Kier alpha value is -1.82. The molecule has 2 rings (SSSR count). The summed E-state index contributed by atoms with van der Waals surface area (Å²) < 4.78 is 0.522. The fourth-order valence-electron chi connectivity index (χ4n) is 1.77. The first kappa shape index (κ1) is 13.6. The summed E-state index contributed by atoms with van der Waals surface area (Å²) in [5.74, 6) is -0.308. The number of H-pyrrole nitrogens is 1. The maximum Gasteiger partial charge on any atom is 0.265 e. The van der Waals surface area contributed by atoms with Crippen molar-refractivity contribution in [3.05, 3.63) is 27.4 Å². The monoisotopic (exact) mass is 280 g/mol. The van der Waals surface area contributed by atoms with Gasteiger partial charge in [-0.2, -0.15) is 0 Å². The first-order chi connectivity index (χ1) is 9.00. The molecular formula is C13H16N2O3S. The van der Waals surface area contributed by atoms with E-state index in [2.05, 4.69) is 10.3 Å². The fourth-order valence-corrected chi connectivity index (χ4v) is 2.57. The Bertz CT molecular complexity index is 657. The number of amides is 1. The van der Waals surface area contributed by atoms with Crippen molar-refractivity contribution >= 4 is 27.5 Å². The highest BCUT2D eigenvalue weighted by Crippen LogP contribution is 2.29. The van der Waals surface area contributed by atoms with E-state index in [-0.39, 0.29) is 11.3 Å². The van der Waals surface area contributed by atoms with Crippen LogP contribution in [-0.4, -0.2) is 22.5 Å². The predicted octanol–water partition coefficient (Wildman–Crippen LogP) is 2.07. The maximum absolute atomic E-state index is 11.9. The van der Waals surface area contributed by atoms with E-state index in [1.807, 2.05) is 13.8 Å². The Morgan fingerprint density at radius 1 is 1.53 bits per heavy atom. The summed E-state index contributed by atoms with van der Waals surface area (Å²) in [5.41, 5.74) is -0.226. The molecule has 0 fully saturated rings. The molecule has 2 heterocycles. The zero-order chi connectivity index (χ0) is 14.0. The first-order valence-corrected chi connectivity index (χ1v) is 6.99. The Morgan fingerprint density at radius 2 is 2.26 bits per heavy atom. The lowest BCUT2D eigenvalue weighted by Gasteiger charge is -2.08. The molecule has 0 aliphatic carbocycles. The standard InChI is InChI=1S/C13H16N2O3S/c1-7(2)3-5-14-12(17)9-10(16)11-8(4-6-19-11)15-13(9)18/h4,6-7H,3,5H2,1-2H3,(H,14,17)(H2,15,16,18). The average Bonchev–Trinajstić information content (AvgIpc) is 2.76. The van der Waals surface area contributed by atoms with E-state index in [1.54, 1.807) is 11.4 Å². The third-order valence-corrected chi connectivity index (χ3v) is 3.75. The highest BCUT2D eigenvalue weighted by Gasteiger charge is 2.19. The fraction of sp³-hybridized carbons (Fsp3) is 0.385. The van der Waals surface area contributed by atoms with Crippen LogP contribution in [0.1, 0.15) is 30.6 Å². The molecule has 0 atom stereocenters. The second-order valence-electron chi connectivity index (χ2n) is 4.78. The number of aromatic hydroxyl groups is 1. The van der Waals surface area contributed by atoms with Gasteiger partial charge in [-0.25, -0.2) is 0 Å². The van der Waals surface area contributed by atoms with Crippen molar-refractivity contribution in [3.63, 3.8) is 0 Å². The van der Waals surface area contributed by atoms with Crippen molar-refractivity contribution in [2.75, 3.05) is 6.54 Å². The zero-order valence-corrected chi connectivity index (χ0v) is 11.6. The van der Waals surface area contributed by atoms with Gasteiger partial charge >= 0.3 is 0 Å². The molecule has 1 amide bonds. The molecule has 0 radical (unpaired) electrons. The summed E-state index contributed by atoms with van der Waals surface area (Å²) in [6.45, 7) is 4.58. The van der Waals surface area contributed by atoms with Gasteiger partial charge in [0.15, 0.2) is 5.75 Å². The third-order valence-electron chi connectivity index (χ3n) is 2.83. The number of aromatic nitrogens is 1. The van der Waals surface area contributed by atoms with Gasteiger partial charge < -0.3 is 15.4 Å². The van der Waals surface area contributed by atoms with E-state index in [9.17, 15) is 14.7 Å². The smallest absolute Gasteiger partial charge is 0.265 e. The van der Waals surface area contributed by atoms with E-state index in [1.165, 1.54) is 11.3 Å². The quantitative estimate of drug-likeness (QED) is 0.802. The summed E-state index contributed by atoms with van der Waals surface area (Å²) in [6, 6.07) is 1.70. The van der Waals surface area contributed by atoms with Crippen LogP contribution in [0.2, 0.25) is 0 Å². The Kier molecular flexibility index (Phi) is 3.90. The first-order valence-electron chi connectivity index (χ1n) is 6.11. The molecule has 6 heteroatoms. The van der Waals surface area contributed by atoms with Crippen LogP contribution in [0, 0.1) is 5.92 Å². The number of nitrogens with one attached hydrogen (secondary N) is 2. The molecule has 0 bridgehead atoms. The van der Waals surface area contributed by atoms with Gasteiger partial charge in [-0.05, 0) is 23.8 Å². The zero-order valence-electron chi connectivity index (χ0n) is 10.8. The lowest BCUT2D eigenvalue weighted by atomic mass is 10.1. The lowest BCUT2D eigenvalue weighted by molar-refractivity contribution is 0.0948. The molecule has 2 aromatic heterocycles. The predicted molar refractivity (Wildman–Crippen MR) is 75.9 cm³/mol. The highest BCUT2D eigenvalue weighted by molar-refractivity contribution is 7.17. The molecule has 2 aromatic rings. The molecule has 3 N–H and O–H groups in total. The summed E-state index contributed by atoms with van der Waals surface area (Å²) >= 11 is 1.28. The summed E-state index contributed by atoms with van der Waals surface area (Å²) in [5, 5.41) is 14.4. The number of pyridine rings is 1. The van der Waals surface area contributed by atoms with Crippen LogP contribution in [-0.2, 0) is 0 Å². The second-order valence-corrected chi connectivity index (χ2v) is 5.70. The summed E-state index contributed by atoms with van der Waals surface area (Å²) in [6.07, 6.45) is 0.825. The lowest BCUT2D eigenvalue weighted by Crippen LogP contribution is -2.30. The molecule has 102 valence electrons. The normalized spacial score (nSPS) is 11.1. The van der Waals surface area contributed by atoms with Crippen LogP contribution in [0.4, 0.5) is 0 Å². The Morgan fingerprint density at radius 3 is 2.95 bits per heavy atom. The number of hydrogen-bond donors (Lipinski definition) is 3. The molecule has 0 aliphatic rings. The molecular weight excluding hydrogens is 264 g/mol. The number of thiophene rings is 1. The van der Waals surface area contributed by atoms with E-state index in [4.69, 9.17) is 0 Å². The van der Waals surface area contributed by atoms with Crippen LogP contribution in [0.5, 0.6) is 5.75 Å².